The molecule has 0 unspecified atom stereocenters. The second kappa shape index (κ2) is 6.45. The number of nitrogens with zero attached hydrogens (tertiary/aromatic N) is 1. The summed E-state index contributed by atoms with van der Waals surface area (Å²) >= 11 is 0. The van der Waals surface area contributed by atoms with Gasteiger partial charge in [0, 0.05) is 6.42 Å². The minimum Gasteiger partial charge on any atom is -0.495 e. The summed E-state index contributed by atoms with van der Waals surface area (Å²) in [7, 11) is 1.54. The number of Topliss-reactive ketones (excluding diaryl/α,β-unsaturated/α-hetero) is 1. The van der Waals surface area contributed by atoms with Gasteiger partial charge in [-0.15, -0.1) is 0 Å². The Morgan fingerprint density at radius 3 is 2.72 bits per heavy atom. The molecule has 4 heteroatoms. The number of carbonyl (C=O) groups excluding carboxylic acids is 1. The van der Waals surface area contributed by atoms with E-state index in [4.69, 9.17) is 9.47 Å². The van der Waals surface area contributed by atoms with Crippen LogP contribution in [0.4, 0.5) is 0 Å². The number of methoxy groups -OCH3 is 1. The molecule has 0 saturated heterocycles. The van der Waals surface area contributed by atoms with Crippen LogP contribution in [0.3, 0.4) is 0 Å². The Hall–Kier alpha value is -3.06. The van der Waals surface area contributed by atoms with Gasteiger partial charge in [0.2, 0.25) is 0 Å². The minimum absolute atomic E-state index is 0.0967. The van der Waals surface area contributed by atoms with Crippen LogP contribution in [0.5, 0.6) is 11.5 Å². The summed E-state index contributed by atoms with van der Waals surface area (Å²) in [4.78, 5) is 12.8. The van der Waals surface area contributed by atoms with Crippen molar-refractivity contribution in [2.45, 2.75) is 25.9 Å². The zero-order chi connectivity index (χ0) is 18.0. The van der Waals surface area contributed by atoms with Gasteiger partial charge in [-0.05, 0) is 49.8 Å². The minimum atomic E-state index is -0.394. The Morgan fingerprint density at radius 1 is 1.24 bits per heavy atom. The maximum atomic E-state index is 12.8. The molecule has 0 N–H and O–H groups in total. The first-order valence-electron chi connectivity index (χ1n) is 8.05. The number of carbonyl (C=O) groups is 1. The van der Waals surface area contributed by atoms with Crippen LogP contribution in [-0.2, 0) is 6.42 Å². The first-order valence-corrected chi connectivity index (χ1v) is 8.05. The van der Waals surface area contributed by atoms with Gasteiger partial charge in [0.05, 0.1) is 29.9 Å². The van der Waals surface area contributed by atoms with E-state index in [-0.39, 0.29) is 12.2 Å². The number of ketones is 1. The third-order valence-electron chi connectivity index (χ3n) is 4.17. The number of fused-ring (bicyclic) bond motifs is 1. The Balaban J connectivity index is 1.98. The molecule has 3 rings (SSSR count). The average Bonchev–Trinajstić information content (AvgIpc) is 2.60. The van der Waals surface area contributed by atoms with E-state index in [0.717, 1.165) is 5.56 Å². The molecule has 2 aromatic rings. The van der Waals surface area contributed by atoms with Crippen LogP contribution in [-0.4, -0.2) is 18.5 Å². The number of hydrogen-bond acceptors (Lipinski definition) is 4. The van der Waals surface area contributed by atoms with Gasteiger partial charge in [0.1, 0.15) is 17.1 Å². The summed E-state index contributed by atoms with van der Waals surface area (Å²) in [5, 5.41) is 9.20. The molecule has 0 radical (unpaired) electrons. The number of ether oxygens (including phenoxy) is 2. The van der Waals surface area contributed by atoms with Crippen LogP contribution in [0.15, 0.2) is 42.5 Å². The monoisotopic (exact) mass is 333 g/mol. The molecule has 1 aliphatic heterocycles. The fourth-order valence-corrected chi connectivity index (χ4v) is 2.92. The first-order chi connectivity index (χ1) is 11.9. The van der Waals surface area contributed by atoms with Crippen LogP contribution in [0, 0.1) is 11.3 Å². The average molecular weight is 333 g/mol. The molecule has 1 aliphatic rings. The van der Waals surface area contributed by atoms with E-state index in [9.17, 15) is 10.1 Å². The van der Waals surface area contributed by atoms with Crippen molar-refractivity contribution in [2.75, 3.05) is 7.11 Å². The van der Waals surface area contributed by atoms with Gasteiger partial charge in [0.15, 0.2) is 5.78 Å². The lowest BCUT2D eigenvalue weighted by Crippen LogP contribution is -2.27. The van der Waals surface area contributed by atoms with Gasteiger partial charge >= 0.3 is 0 Å². The van der Waals surface area contributed by atoms with Crippen molar-refractivity contribution in [2.24, 2.45) is 0 Å². The largest absolute Gasteiger partial charge is 0.495 e. The van der Waals surface area contributed by atoms with Crippen molar-refractivity contribution in [1.29, 1.82) is 5.26 Å². The fourth-order valence-electron chi connectivity index (χ4n) is 2.92. The lowest BCUT2D eigenvalue weighted by atomic mass is 9.95. The predicted octanol–water partition coefficient (Wildman–Crippen LogP) is 4.18. The molecule has 0 fully saturated rings. The van der Waals surface area contributed by atoms with Gasteiger partial charge in [-0.3, -0.25) is 4.79 Å². The summed E-state index contributed by atoms with van der Waals surface area (Å²) in [5.41, 5.74) is 2.08. The first kappa shape index (κ1) is 16.8. The molecule has 126 valence electrons. The van der Waals surface area contributed by atoms with Gasteiger partial charge in [0.25, 0.3) is 0 Å². The summed E-state index contributed by atoms with van der Waals surface area (Å²) in [6, 6.07) is 12.8. The quantitative estimate of drug-likeness (QED) is 0.788. The normalized spacial score (nSPS) is 14.2. The van der Waals surface area contributed by atoms with E-state index in [1.165, 1.54) is 0 Å². The molecule has 0 amide bonds. The van der Waals surface area contributed by atoms with E-state index in [1.807, 2.05) is 32.1 Å². The second-order valence-electron chi connectivity index (χ2n) is 6.47. The number of nitriles is 1. The summed E-state index contributed by atoms with van der Waals surface area (Å²) < 4.78 is 11.4. The highest BCUT2D eigenvalue weighted by Gasteiger charge is 2.26. The van der Waals surface area contributed by atoms with Crippen molar-refractivity contribution >= 4 is 11.9 Å². The molecule has 0 spiro atoms. The lowest BCUT2D eigenvalue weighted by molar-refractivity contribution is 0.0989. The van der Waals surface area contributed by atoms with E-state index in [2.05, 4.69) is 6.07 Å². The molecule has 1 heterocycles. The highest BCUT2D eigenvalue weighted by Crippen LogP contribution is 2.39. The number of benzene rings is 2. The predicted molar refractivity (Wildman–Crippen MR) is 95.9 cm³/mol. The summed E-state index contributed by atoms with van der Waals surface area (Å²) in [6.45, 7) is 3.94. The molecule has 0 saturated carbocycles. The molecule has 0 bridgehead atoms. The molecule has 25 heavy (non-hydrogen) atoms. The molecular formula is C21H19NO3. The smallest absolute Gasteiger partial charge is 0.171 e. The highest BCUT2D eigenvalue weighted by atomic mass is 16.5. The maximum absolute atomic E-state index is 12.8. The third-order valence-corrected chi connectivity index (χ3v) is 4.17. The topological polar surface area (TPSA) is 59.3 Å². The highest BCUT2D eigenvalue weighted by molar-refractivity contribution is 6.01. The maximum Gasteiger partial charge on any atom is 0.171 e. The van der Waals surface area contributed by atoms with Gasteiger partial charge < -0.3 is 9.47 Å². The van der Waals surface area contributed by atoms with Crippen LogP contribution in [0.1, 0.15) is 40.9 Å². The Labute approximate surface area is 147 Å². The zero-order valence-corrected chi connectivity index (χ0v) is 14.5. The van der Waals surface area contributed by atoms with Gasteiger partial charge in [-0.2, -0.15) is 5.26 Å². The van der Waals surface area contributed by atoms with Crippen molar-refractivity contribution in [1.82, 2.24) is 0 Å². The van der Waals surface area contributed by atoms with E-state index < -0.39 is 5.60 Å². The van der Waals surface area contributed by atoms with Gasteiger partial charge in [-0.1, -0.05) is 18.2 Å². The molecule has 2 aromatic carbocycles. The van der Waals surface area contributed by atoms with Crippen molar-refractivity contribution in [3.05, 3.63) is 64.7 Å². The number of rotatable bonds is 4. The van der Waals surface area contributed by atoms with E-state index >= 15 is 0 Å². The van der Waals surface area contributed by atoms with E-state index in [1.54, 1.807) is 37.4 Å². The van der Waals surface area contributed by atoms with E-state index in [0.29, 0.717) is 28.2 Å². The summed E-state index contributed by atoms with van der Waals surface area (Å²) in [5.74, 6) is 1.10. The van der Waals surface area contributed by atoms with Crippen LogP contribution < -0.4 is 9.47 Å². The Kier molecular flexibility index (Phi) is 4.33. The SMILES string of the molecule is COc1c(C(=O)Cc2ccccc2C#N)ccc2c1C=CC(C)(C)O2. The van der Waals surface area contributed by atoms with Crippen LogP contribution in [0.25, 0.3) is 6.08 Å². The molecule has 0 aliphatic carbocycles. The Morgan fingerprint density at radius 2 is 2.00 bits per heavy atom. The lowest BCUT2D eigenvalue weighted by Gasteiger charge is -2.29. The third kappa shape index (κ3) is 3.27. The van der Waals surface area contributed by atoms with Crippen molar-refractivity contribution in [3.8, 4) is 17.6 Å². The Bertz CT molecular complexity index is 904. The molecular weight excluding hydrogens is 314 g/mol. The van der Waals surface area contributed by atoms with Crippen LogP contribution in [0.2, 0.25) is 0 Å². The molecule has 0 atom stereocenters. The van der Waals surface area contributed by atoms with Gasteiger partial charge in [-0.25, -0.2) is 0 Å². The molecule has 0 aromatic heterocycles. The summed E-state index contributed by atoms with van der Waals surface area (Å²) in [6.07, 6.45) is 4.02. The number of hydrogen-bond donors (Lipinski definition) is 0. The van der Waals surface area contributed by atoms with Crippen LogP contribution >= 0.6 is 0 Å². The van der Waals surface area contributed by atoms with Crippen molar-refractivity contribution in [3.63, 3.8) is 0 Å². The standard InChI is InChI=1S/C21H19NO3/c1-21(2)11-10-17-19(25-21)9-8-16(20(17)24-3)18(23)12-14-6-4-5-7-15(14)13-22/h4-11H,12H2,1-3H3. The fraction of sp³-hybridized carbons (Fsp3) is 0.238. The molecule has 4 nitrogen and oxygen atoms in total. The second-order valence-corrected chi connectivity index (χ2v) is 6.47. The van der Waals surface area contributed by atoms with Crippen molar-refractivity contribution < 1.29 is 14.3 Å². The zero-order valence-electron chi connectivity index (χ0n) is 14.5.